The van der Waals surface area contributed by atoms with Crippen LogP contribution >= 0.6 is 0 Å². The summed E-state index contributed by atoms with van der Waals surface area (Å²) >= 11 is 0. The lowest BCUT2D eigenvalue weighted by Gasteiger charge is -2.16. The first-order valence-corrected chi connectivity index (χ1v) is 6.01. The lowest BCUT2D eigenvalue weighted by atomic mass is 9.89. The first-order chi connectivity index (χ1) is 7.25. The molecule has 0 aromatic heterocycles. The molecule has 1 saturated carbocycles. The van der Waals surface area contributed by atoms with Crippen LogP contribution in [0.1, 0.15) is 50.5 Å². The molecule has 1 heteroatoms. The number of hydrogen-bond donors (Lipinski definition) is 0. The first kappa shape index (κ1) is 10.7. The van der Waals surface area contributed by atoms with Crippen molar-refractivity contribution in [3.05, 3.63) is 35.6 Å². The Morgan fingerprint density at radius 2 is 1.80 bits per heavy atom. The molecule has 1 fully saturated rings. The van der Waals surface area contributed by atoms with Crippen LogP contribution in [0.4, 0.5) is 4.39 Å². The van der Waals surface area contributed by atoms with E-state index in [0.29, 0.717) is 5.92 Å². The molecule has 0 spiro atoms. The maximum atomic E-state index is 12.8. The molecule has 1 aromatic carbocycles. The molecule has 82 valence electrons. The van der Waals surface area contributed by atoms with Crippen molar-refractivity contribution in [1.29, 1.82) is 0 Å². The largest absolute Gasteiger partial charge is 0.207 e. The molecule has 1 unspecified atom stereocenters. The fourth-order valence-electron chi connectivity index (χ4n) is 2.67. The van der Waals surface area contributed by atoms with Gasteiger partial charge < -0.3 is 0 Å². The molecule has 0 bridgehead atoms. The normalized spacial score (nSPS) is 19.3. The highest BCUT2D eigenvalue weighted by Gasteiger charge is 2.18. The quantitative estimate of drug-likeness (QED) is 0.682. The topological polar surface area (TPSA) is 0 Å². The van der Waals surface area contributed by atoms with Crippen molar-refractivity contribution in [2.45, 2.75) is 44.9 Å². The van der Waals surface area contributed by atoms with Gasteiger partial charge in [-0.1, -0.05) is 44.7 Å². The van der Waals surface area contributed by atoms with Crippen molar-refractivity contribution in [2.75, 3.05) is 0 Å². The fraction of sp³-hybridized carbons (Fsp3) is 0.571. The Hall–Kier alpha value is -0.850. The van der Waals surface area contributed by atoms with Crippen LogP contribution in [-0.2, 0) is 0 Å². The summed E-state index contributed by atoms with van der Waals surface area (Å²) in [7, 11) is 0. The van der Waals surface area contributed by atoms with Crippen LogP contribution in [0.2, 0.25) is 0 Å². The molecule has 1 aliphatic rings. The summed E-state index contributed by atoms with van der Waals surface area (Å²) in [6.45, 7) is 2.26. The molecule has 0 amide bonds. The van der Waals surface area contributed by atoms with Gasteiger partial charge in [-0.15, -0.1) is 0 Å². The second-order valence-electron chi connectivity index (χ2n) is 4.84. The van der Waals surface area contributed by atoms with E-state index in [-0.39, 0.29) is 5.82 Å². The Labute approximate surface area is 91.5 Å². The number of benzene rings is 1. The Morgan fingerprint density at radius 3 is 2.40 bits per heavy atom. The van der Waals surface area contributed by atoms with Gasteiger partial charge in [0.05, 0.1) is 0 Å². The standard InChI is InChI=1S/C14H19F/c1-11(10-12-4-2-3-5-12)13-6-8-14(15)9-7-13/h6-9,11-12H,2-5,10H2,1H3. The summed E-state index contributed by atoms with van der Waals surface area (Å²) < 4.78 is 12.8. The van der Waals surface area contributed by atoms with Gasteiger partial charge in [0.15, 0.2) is 0 Å². The van der Waals surface area contributed by atoms with Crippen LogP contribution < -0.4 is 0 Å². The van der Waals surface area contributed by atoms with Gasteiger partial charge in [0.1, 0.15) is 5.82 Å². The monoisotopic (exact) mass is 206 g/mol. The van der Waals surface area contributed by atoms with E-state index in [1.54, 1.807) is 12.1 Å². The maximum absolute atomic E-state index is 12.8. The molecular formula is C14H19F. The van der Waals surface area contributed by atoms with Crippen LogP contribution in [0.15, 0.2) is 24.3 Å². The van der Waals surface area contributed by atoms with Crippen molar-refractivity contribution in [3.63, 3.8) is 0 Å². The molecule has 2 rings (SSSR count). The van der Waals surface area contributed by atoms with Crippen LogP contribution in [-0.4, -0.2) is 0 Å². The van der Waals surface area contributed by atoms with E-state index in [4.69, 9.17) is 0 Å². The van der Waals surface area contributed by atoms with Gasteiger partial charge in [0.2, 0.25) is 0 Å². The Morgan fingerprint density at radius 1 is 1.20 bits per heavy atom. The van der Waals surface area contributed by atoms with Crippen molar-refractivity contribution in [2.24, 2.45) is 5.92 Å². The average molecular weight is 206 g/mol. The van der Waals surface area contributed by atoms with Gasteiger partial charge in [0.25, 0.3) is 0 Å². The summed E-state index contributed by atoms with van der Waals surface area (Å²) in [6.07, 6.45) is 6.87. The van der Waals surface area contributed by atoms with E-state index in [2.05, 4.69) is 6.92 Å². The molecule has 0 saturated heterocycles. The van der Waals surface area contributed by atoms with Crippen LogP contribution in [0, 0.1) is 11.7 Å². The summed E-state index contributed by atoms with van der Waals surface area (Å²) in [4.78, 5) is 0. The zero-order chi connectivity index (χ0) is 10.7. The Balaban J connectivity index is 1.94. The van der Waals surface area contributed by atoms with Gasteiger partial charge >= 0.3 is 0 Å². The van der Waals surface area contributed by atoms with Crippen molar-refractivity contribution >= 4 is 0 Å². The number of hydrogen-bond acceptors (Lipinski definition) is 0. The van der Waals surface area contributed by atoms with Gasteiger partial charge in [-0.25, -0.2) is 4.39 Å². The molecule has 0 aliphatic heterocycles. The van der Waals surface area contributed by atoms with E-state index in [1.165, 1.54) is 37.7 Å². The third kappa shape index (κ3) is 2.80. The molecule has 15 heavy (non-hydrogen) atoms. The second-order valence-corrected chi connectivity index (χ2v) is 4.84. The van der Waals surface area contributed by atoms with Crippen LogP contribution in [0.3, 0.4) is 0 Å². The van der Waals surface area contributed by atoms with Gasteiger partial charge in [-0.05, 0) is 36.0 Å². The molecule has 1 atom stereocenters. The predicted octanol–water partition coefficient (Wildman–Crippen LogP) is 4.51. The van der Waals surface area contributed by atoms with Gasteiger partial charge in [0, 0.05) is 0 Å². The average Bonchev–Trinajstić information content (AvgIpc) is 2.71. The molecule has 0 radical (unpaired) electrons. The van der Waals surface area contributed by atoms with Crippen LogP contribution in [0.25, 0.3) is 0 Å². The molecule has 0 N–H and O–H groups in total. The third-order valence-corrected chi connectivity index (χ3v) is 3.60. The van der Waals surface area contributed by atoms with E-state index in [1.807, 2.05) is 12.1 Å². The molecular weight excluding hydrogens is 187 g/mol. The van der Waals surface area contributed by atoms with Gasteiger partial charge in [-0.2, -0.15) is 0 Å². The second kappa shape index (κ2) is 4.78. The molecule has 1 aromatic rings. The molecule has 0 heterocycles. The molecule has 0 nitrogen and oxygen atoms in total. The van der Waals surface area contributed by atoms with Gasteiger partial charge in [-0.3, -0.25) is 0 Å². The van der Waals surface area contributed by atoms with E-state index in [0.717, 1.165) is 5.92 Å². The third-order valence-electron chi connectivity index (χ3n) is 3.60. The van der Waals surface area contributed by atoms with E-state index < -0.39 is 0 Å². The smallest absolute Gasteiger partial charge is 0.123 e. The fourth-order valence-corrected chi connectivity index (χ4v) is 2.67. The lowest BCUT2D eigenvalue weighted by molar-refractivity contribution is 0.460. The van der Waals surface area contributed by atoms with Crippen molar-refractivity contribution < 1.29 is 4.39 Å². The van der Waals surface area contributed by atoms with E-state index >= 15 is 0 Å². The summed E-state index contributed by atoms with van der Waals surface area (Å²) in [6, 6.07) is 6.99. The summed E-state index contributed by atoms with van der Waals surface area (Å²) in [5.74, 6) is 1.35. The Bertz CT molecular complexity index is 296. The SMILES string of the molecule is CC(CC1CCCC1)c1ccc(F)cc1. The Kier molecular flexibility index (Phi) is 3.40. The minimum Gasteiger partial charge on any atom is -0.207 e. The number of rotatable bonds is 3. The van der Waals surface area contributed by atoms with E-state index in [9.17, 15) is 4.39 Å². The highest BCUT2D eigenvalue weighted by Crippen LogP contribution is 2.33. The molecule has 1 aliphatic carbocycles. The minimum absolute atomic E-state index is 0.133. The lowest BCUT2D eigenvalue weighted by Crippen LogP contribution is -2.01. The maximum Gasteiger partial charge on any atom is 0.123 e. The highest BCUT2D eigenvalue weighted by molar-refractivity contribution is 5.19. The number of halogens is 1. The van der Waals surface area contributed by atoms with Crippen LogP contribution in [0.5, 0.6) is 0 Å². The first-order valence-electron chi connectivity index (χ1n) is 6.01. The highest BCUT2D eigenvalue weighted by atomic mass is 19.1. The van der Waals surface area contributed by atoms with Crippen molar-refractivity contribution in [1.82, 2.24) is 0 Å². The minimum atomic E-state index is -0.133. The summed E-state index contributed by atoms with van der Waals surface area (Å²) in [5, 5.41) is 0. The zero-order valence-corrected chi connectivity index (χ0v) is 9.38. The van der Waals surface area contributed by atoms with Crippen molar-refractivity contribution in [3.8, 4) is 0 Å². The predicted molar refractivity (Wildman–Crippen MR) is 61.4 cm³/mol. The summed E-state index contributed by atoms with van der Waals surface area (Å²) in [5.41, 5.74) is 1.28. The zero-order valence-electron chi connectivity index (χ0n) is 9.38.